The molecule has 0 unspecified atom stereocenters. The van der Waals surface area contributed by atoms with Gasteiger partial charge in [0.05, 0.1) is 6.61 Å². The highest BCUT2D eigenvalue weighted by Gasteiger charge is 2.03. The van der Waals surface area contributed by atoms with E-state index in [-0.39, 0.29) is 0 Å². The van der Waals surface area contributed by atoms with Crippen molar-refractivity contribution in [2.24, 2.45) is 0 Å². The molecule has 0 aliphatic rings. The van der Waals surface area contributed by atoms with E-state index < -0.39 is 0 Å². The van der Waals surface area contributed by atoms with E-state index >= 15 is 0 Å². The van der Waals surface area contributed by atoms with Gasteiger partial charge in [-0.25, -0.2) is 0 Å². The monoisotopic (exact) mass is 275 g/mol. The van der Waals surface area contributed by atoms with Crippen molar-refractivity contribution < 1.29 is 9.47 Å². The van der Waals surface area contributed by atoms with Gasteiger partial charge in [-0.15, -0.1) is 0 Å². The summed E-state index contributed by atoms with van der Waals surface area (Å²) in [5, 5.41) is 3.50. The summed E-state index contributed by atoms with van der Waals surface area (Å²) in [6, 6.07) is 0. The van der Waals surface area contributed by atoms with Crippen molar-refractivity contribution in [1.29, 1.82) is 0 Å². The fourth-order valence-electron chi connectivity index (χ4n) is 1.87. The van der Waals surface area contributed by atoms with Crippen LogP contribution in [0.5, 0.6) is 0 Å². The van der Waals surface area contributed by atoms with Crippen molar-refractivity contribution in [2.75, 3.05) is 80.8 Å². The van der Waals surface area contributed by atoms with E-state index in [1.54, 1.807) is 14.2 Å². The summed E-state index contributed by atoms with van der Waals surface area (Å²) in [5.74, 6) is 0. The minimum absolute atomic E-state index is 0.799. The Balaban J connectivity index is 3.54. The van der Waals surface area contributed by atoms with E-state index in [0.29, 0.717) is 0 Å². The van der Waals surface area contributed by atoms with Gasteiger partial charge < -0.3 is 19.7 Å². The second-order valence-corrected chi connectivity index (χ2v) is 5.09. The highest BCUT2D eigenvalue weighted by atomic mass is 16.5. The lowest BCUT2D eigenvalue weighted by Crippen LogP contribution is -2.36. The Morgan fingerprint density at radius 1 is 0.789 bits per heavy atom. The smallest absolute Gasteiger partial charge is 0.0589 e. The van der Waals surface area contributed by atoms with Gasteiger partial charge in [-0.1, -0.05) is 0 Å². The van der Waals surface area contributed by atoms with Crippen LogP contribution in [-0.2, 0) is 9.47 Å². The van der Waals surface area contributed by atoms with E-state index in [2.05, 4.69) is 29.2 Å². The predicted molar refractivity (Wildman–Crippen MR) is 80.8 cm³/mol. The maximum absolute atomic E-state index is 5.15. The Hall–Kier alpha value is -0.200. The van der Waals surface area contributed by atoms with Crippen LogP contribution in [0.25, 0.3) is 0 Å². The lowest BCUT2D eigenvalue weighted by Gasteiger charge is -2.22. The summed E-state index contributed by atoms with van der Waals surface area (Å²) in [6.07, 6.45) is 2.29. The van der Waals surface area contributed by atoms with E-state index in [1.165, 1.54) is 6.42 Å². The number of rotatable bonds is 14. The summed E-state index contributed by atoms with van der Waals surface area (Å²) in [7, 11) is 7.74. The molecule has 0 rings (SSSR count). The van der Waals surface area contributed by atoms with Gasteiger partial charge in [0.1, 0.15) is 0 Å². The Morgan fingerprint density at radius 2 is 1.53 bits per heavy atom. The lowest BCUT2D eigenvalue weighted by molar-refractivity contribution is 0.133. The minimum atomic E-state index is 0.799. The molecule has 0 radical (unpaired) electrons. The highest BCUT2D eigenvalue weighted by Crippen LogP contribution is 1.92. The molecule has 19 heavy (non-hydrogen) atoms. The molecule has 0 fully saturated rings. The molecule has 0 aliphatic carbocycles. The van der Waals surface area contributed by atoms with Crippen LogP contribution in [0.4, 0.5) is 0 Å². The molecule has 1 N–H and O–H groups in total. The first-order chi connectivity index (χ1) is 9.20. The highest BCUT2D eigenvalue weighted by molar-refractivity contribution is 4.60. The number of methoxy groups -OCH3 is 2. The normalized spacial score (nSPS) is 11.7. The van der Waals surface area contributed by atoms with Crippen molar-refractivity contribution in [3.63, 3.8) is 0 Å². The first-order valence-electron chi connectivity index (χ1n) is 7.26. The Morgan fingerprint density at radius 3 is 2.16 bits per heavy atom. The van der Waals surface area contributed by atoms with Gasteiger partial charge in [0.2, 0.25) is 0 Å². The second-order valence-electron chi connectivity index (χ2n) is 5.09. The first kappa shape index (κ1) is 18.8. The molecule has 0 heterocycles. The van der Waals surface area contributed by atoms with Gasteiger partial charge in [-0.3, -0.25) is 4.90 Å². The Bertz CT molecular complexity index is 180. The maximum atomic E-state index is 5.15. The number of ether oxygens (including phenoxy) is 2. The SMILES string of the molecule is COCCCN(CCNCCCN(C)C)CCOC. The predicted octanol–water partition coefficient (Wildman–Crippen LogP) is 0.513. The fourth-order valence-corrected chi connectivity index (χ4v) is 1.87. The van der Waals surface area contributed by atoms with E-state index in [0.717, 1.165) is 58.9 Å². The molecule has 0 aromatic heterocycles. The summed E-state index contributed by atoms with van der Waals surface area (Å²) >= 11 is 0. The van der Waals surface area contributed by atoms with Gasteiger partial charge in [0.15, 0.2) is 0 Å². The van der Waals surface area contributed by atoms with Crippen molar-refractivity contribution >= 4 is 0 Å². The molecular weight excluding hydrogens is 242 g/mol. The molecule has 0 bridgehead atoms. The quantitative estimate of drug-likeness (QED) is 0.468. The average Bonchev–Trinajstić information content (AvgIpc) is 2.39. The average molecular weight is 275 g/mol. The van der Waals surface area contributed by atoms with Crippen molar-refractivity contribution in [1.82, 2.24) is 15.1 Å². The lowest BCUT2D eigenvalue weighted by atomic mass is 10.3. The Kier molecular flexibility index (Phi) is 14.1. The third-order valence-electron chi connectivity index (χ3n) is 3.00. The third kappa shape index (κ3) is 14.0. The van der Waals surface area contributed by atoms with E-state index in [9.17, 15) is 0 Å². The van der Waals surface area contributed by atoms with Gasteiger partial charge >= 0.3 is 0 Å². The summed E-state index contributed by atoms with van der Waals surface area (Å²) < 4.78 is 10.2. The maximum Gasteiger partial charge on any atom is 0.0589 e. The molecular formula is C14H33N3O2. The van der Waals surface area contributed by atoms with Crippen LogP contribution < -0.4 is 5.32 Å². The molecule has 0 spiro atoms. The zero-order valence-electron chi connectivity index (χ0n) is 13.3. The Labute approximate surface area is 119 Å². The van der Waals surface area contributed by atoms with Gasteiger partial charge in [0.25, 0.3) is 0 Å². The zero-order valence-corrected chi connectivity index (χ0v) is 13.3. The molecule has 5 heteroatoms. The molecule has 0 atom stereocenters. The van der Waals surface area contributed by atoms with Crippen molar-refractivity contribution in [2.45, 2.75) is 12.8 Å². The molecule has 0 saturated carbocycles. The van der Waals surface area contributed by atoms with Crippen LogP contribution in [0.1, 0.15) is 12.8 Å². The summed E-state index contributed by atoms with van der Waals surface area (Å²) in [6.45, 7) is 8.07. The van der Waals surface area contributed by atoms with Crippen molar-refractivity contribution in [3.05, 3.63) is 0 Å². The summed E-state index contributed by atoms with van der Waals surface area (Å²) in [5.41, 5.74) is 0. The van der Waals surface area contributed by atoms with Gasteiger partial charge in [0, 0.05) is 47.0 Å². The number of nitrogens with zero attached hydrogens (tertiary/aromatic N) is 2. The number of hydrogen-bond acceptors (Lipinski definition) is 5. The minimum Gasteiger partial charge on any atom is -0.385 e. The molecule has 0 saturated heterocycles. The summed E-state index contributed by atoms with van der Waals surface area (Å²) in [4.78, 5) is 4.65. The van der Waals surface area contributed by atoms with Crippen LogP contribution in [0.15, 0.2) is 0 Å². The molecule has 0 aromatic carbocycles. The van der Waals surface area contributed by atoms with Crippen LogP contribution in [-0.4, -0.2) is 90.6 Å². The molecule has 116 valence electrons. The molecule has 0 amide bonds. The van der Waals surface area contributed by atoms with Gasteiger partial charge in [-0.05, 0) is 40.0 Å². The first-order valence-corrected chi connectivity index (χ1v) is 7.26. The topological polar surface area (TPSA) is 37.0 Å². The van der Waals surface area contributed by atoms with Crippen molar-refractivity contribution in [3.8, 4) is 0 Å². The van der Waals surface area contributed by atoms with Crippen LogP contribution >= 0.6 is 0 Å². The van der Waals surface area contributed by atoms with Crippen LogP contribution in [0, 0.1) is 0 Å². The van der Waals surface area contributed by atoms with E-state index in [1.807, 2.05) is 0 Å². The number of nitrogens with one attached hydrogen (secondary N) is 1. The second kappa shape index (κ2) is 14.2. The van der Waals surface area contributed by atoms with E-state index in [4.69, 9.17) is 9.47 Å². The largest absolute Gasteiger partial charge is 0.385 e. The zero-order chi connectivity index (χ0) is 14.3. The third-order valence-corrected chi connectivity index (χ3v) is 3.00. The molecule has 0 aliphatic heterocycles. The van der Waals surface area contributed by atoms with Gasteiger partial charge in [-0.2, -0.15) is 0 Å². The molecule has 5 nitrogen and oxygen atoms in total. The number of hydrogen-bond donors (Lipinski definition) is 1. The molecule has 0 aromatic rings. The van der Waals surface area contributed by atoms with Crippen LogP contribution in [0.2, 0.25) is 0 Å². The van der Waals surface area contributed by atoms with Crippen LogP contribution in [0.3, 0.4) is 0 Å². The fraction of sp³-hybridized carbons (Fsp3) is 1.00. The standard InChI is InChI=1S/C14H33N3O2/c1-16(2)9-5-7-15-8-11-17(12-14-19-4)10-6-13-18-3/h15H,5-14H2,1-4H3.